The fourth-order valence-corrected chi connectivity index (χ4v) is 5.26. The van der Waals surface area contributed by atoms with E-state index in [1.165, 1.54) is 60.5 Å². The van der Waals surface area contributed by atoms with Crippen LogP contribution < -0.4 is 0 Å². The fourth-order valence-electron chi connectivity index (χ4n) is 2.78. The standard InChI is InChI=1S/C14H19N3O2S2/c1-17-8-12(7-15-17)21(18,19)10-14-16-13(9-20-14)11-5-3-2-4-6-11/h7-9,11H,2-6,10H2,1H3. The summed E-state index contributed by atoms with van der Waals surface area (Å²) in [6, 6.07) is 0. The summed E-state index contributed by atoms with van der Waals surface area (Å²) >= 11 is 1.45. The van der Waals surface area contributed by atoms with E-state index in [0.717, 1.165) is 5.69 Å². The summed E-state index contributed by atoms with van der Waals surface area (Å²) in [5.74, 6) is 0.487. The van der Waals surface area contributed by atoms with Crippen LogP contribution in [0.15, 0.2) is 22.7 Å². The summed E-state index contributed by atoms with van der Waals surface area (Å²) in [4.78, 5) is 4.83. The first-order chi connectivity index (χ1) is 10.0. The quantitative estimate of drug-likeness (QED) is 0.867. The molecule has 0 N–H and O–H groups in total. The molecule has 0 bridgehead atoms. The maximum Gasteiger partial charge on any atom is 0.188 e. The van der Waals surface area contributed by atoms with E-state index in [9.17, 15) is 8.42 Å². The van der Waals surface area contributed by atoms with Crippen molar-refractivity contribution >= 4 is 21.2 Å². The van der Waals surface area contributed by atoms with Crippen molar-refractivity contribution in [2.45, 2.75) is 48.7 Å². The molecule has 2 heterocycles. The molecular formula is C14H19N3O2S2. The highest BCUT2D eigenvalue weighted by molar-refractivity contribution is 7.90. The van der Waals surface area contributed by atoms with E-state index in [1.54, 1.807) is 7.05 Å². The first-order valence-electron chi connectivity index (χ1n) is 7.20. The van der Waals surface area contributed by atoms with Crippen LogP contribution in [0.2, 0.25) is 0 Å². The third-order valence-electron chi connectivity index (χ3n) is 3.95. The number of hydrogen-bond donors (Lipinski definition) is 0. The molecule has 2 aromatic heterocycles. The molecule has 0 amide bonds. The predicted octanol–water partition coefficient (Wildman–Crippen LogP) is 2.90. The molecule has 1 aliphatic rings. The van der Waals surface area contributed by atoms with Crippen LogP contribution in [0.25, 0.3) is 0 Å². The summed E-state index contributed by atoms with van der Waals surface area (Å²) in [7, 11) is -1.63. The van der Waals surface area contributed by atoms with E-state index >= 15 is 0 Å². The Kier molecular flexibility index (Phi) is 4.12. The zero-order valence-electron chi connectivity index (χ0n) is 12.0. The minimum atomic E-state index is -3.35. The second-order valence-electron chi connectivity index (χ2n) is 5.61. The average molecular weight is 325 g/mol. The third kappa shape index (κ3) is 3.35. The number of aromatic nitrogens is 3. The van der Waals surface area contributed by atoms with Gasteiger partial charge in [-0.15, -0.1) is 11.3 Å². The van der Waals surface area contributed by atoms with Crippen LogP contribution in [0.1, 0.15) is 48.7 Å². The largest absolute Gasteiger partial charge is 0.274 e. The van der Waals surface area contributed by atoms with Gasteiger partial charge in [0.15, 0.2) is 9.84 Å². The molecule has 7 heteroatoms. The van der Waals surface area contributed by atoms with Gasteiger partial charge < -0.3 is 0 Å². The van der Waals surface area contributed by atoms with Crippen LogP contribution in [0, 0.1) is 0 Å². The first kappa shape index (κ1) is 14.7. The minimum Gasteiger partial charge on any atom is -0.274 e. The Morgan fingerprint density at radius 3 is 2.76 bits per heavy atom. The van der Waals surface area contributed by atoms with Gasteiger partial charge >= 0.3 is 0 Å². The molecule has 2 aromatic rings. The maximum atomic E-state index is 12.3. The number of aryl methyl sites for hydroxylation is 1. The van der Waals surface area contributed by atoms with Crippen LogP contribution in [0.5, 0.6) is 0 Å². The topological polar surface area (TPSA) is 64.8 Å². The zero-order chi connectivity index (χ0) is 14.9. The Bertz CT molecular complexity index is 712. The van der Waals surface area contributed by atoms with Gasteiger partial charge in [-0.3, -0.25) is 4.68 Å². The Hall–Kier alpha value is -1.21. The zero-order valence-corrected chi connectivity index (χ0v) is 13.7. The van der Waals surface area contributed by atoms with Crippen molar-refractivity contribution in [1.82, 2.24) is 14.8 Å². The molecule has 0 atom stereocenters. The van der Waals surface area contributed by atoms with E-state index in [-0.39, 0.29) is 10.6 Å². The van der Waals surface area contributed by atoms with E-state index in [4.69, 9.17) is 0 Å². The highest BCUT2D eigenvalue weighted by atomic mass is 32.2. The van der Waals surface area contributed by atoms with Gasteiger partial charge in [-0.1, -0.05) is 19.3 Å². The second kappa shape index (κ2) is 5.88. The van der Waals surface area contributed by atoms with Crippen LogP contribution in [-0.4, -0.2) is 23.2 Å². The normalized spacial score (nSPS) is 17.2. The van der Waals surface area contributed by atoms with Gasteiger partial charge in [-0.2, -0.15) is 5.10 Å². The number of thiazole rings is 1. The third-order valence-corrected chi connectivity index (χ3v) is 6.58. The lowest BCUT2D eigenvalue weighted by atomic mass is 9.87. The van der Waals surface area contributed by atoms with E-state index in [2.05, 4.69) is 10.1 Å². The molecule has 0 aliphatic heterocycles. The monoisotopic (exact) mass is 325 g/mol. The van der Waals surface area contributed by atoms with Crippen molar-refractivity contribution < 1.29 is 8.42 Å². The molecule has 21 heavy (non-hydrogen) atoms. The van der Waals surface area contributed by atoms with Crippen molar-refractivity contribution in [3.63, 3.8) is 0 Å². The van der Waals surface area contributed by atoms with Gasteiger partial charge in [-0.05, 0) is 12.8 Å². The molecule has 0 spiro atoms. The van der Waals surface area contributed by atoms with Gasteiger partial charge in [0.2, 0.25) is 0 Å². The SMILES string of the molecule is Cn1cc(S(=O)(=O)Cc2nc(C3CCCCC3)cs2)cn1. The van der Waals surface area contributed by atoms with E-state index in [1.807, 2.05) is 5.38 Å². The lowest BCUT2D eigenvalue weighted by Gasteiger charge is -2.19. The van der Waals surface area contributed by atoms with Crippen LogP contribution >= 0.6 is 11.3 Å². The minimum absolute atomic E-state index is 0.0317. The van der Waals surface area contributed by atoms with Crippen LogP contribution in [-0.2, 0) is 22.6 Å². The van der Waals surface area contributed by atoms with Gasteiger partial charge in [0.1, 0.15) is 15.7 Å². The first-order valence-corrected chi connectivity index (χ1v) is 9.73. The Balaban J connectivity index is 1.74. The van der Waals surface area contributed by atoms with Gasteiger partial charge in [0, 0.05) is 24.5 Å². The number of rotatable bonds is 4. The van der Waals surface area contributed by atoms with Crippen molar-refractivity contribution in [2.75, 3.05) is 0 Å². The summed E-state index contributed by atoms with van der Waals surface area (Å²) in [5, 5.41) is 6.64. The smallest absolute Gasteiger partial charge is 0.188 e. The summed E-state index contributed by atoms with van der Waals surface area (Å²) in [6.07, 6.45) is 9.10. The molecule has 0 saturated heterocycles. The van der Waals surface area contributed by atoms with Gasteiger partial charge in [0.25, 0.3) is 0 Å². The number of sulfone groups is 1. The lowest BCUT2D eigenvalue weighted by Crippen LogP contribution is -2.06. The highest BCUT2D eigenvalue weighted by Gasteiger charge is 2.22. The summed E-state index contributed by atoms with van der Waals surface area (Å²) < 4.78 is 26.1. The molecule has 0 unspecified atom stereocenters. The summed E-state index contributed by atoms with van der Waals surface area (Å²) in [5.41, 5.74) is 1.08. The highest BCUT2D eigenvalue weighted by Crippen LogP contribution is 2.33. The molecule has 5 nitrogen and oxygen atoms in total. The van der Waals surface area contributed by atoms with Crippen molar-refractivity contribution in [2.24, 2.45) is 7.05 Å². The Morgan fingerprint density at radius 1 is 1.33 bits per heavy atom. The molecule has 0 radical (unpaired) electrons. The van der Waals surface area contributed by atoms with Crippen LogP contribution in [0.3, 0.4) is 0 Å². The molecule has 1 saturated carbocycles. The molecule has 1 aliphatic carbocycles. The Labute approximate surface area is 128 Å². The predicted molar refractivity (Wildman–Crippen MR) is 82.0 cm³/mol. The van der Waals surface area contributed by atoms with Crippen molar-refractivity contribution in [3.05, 3.63) is 28.5 Å². The maximum absolute atomic E-state index is 12.3. The van der Waals surface area contributed by atoms with Gasteiger partial charge in [0.05, 0.1) is 11.9 Å². The molecule has 0 aromatic carbocycles. The van der Waals surface area contributed by atoms with Gasteiger partial charge in [-0.25, -0.2) is 13.4 Å². The van der Waals surface area contributed by atoms with Crippen molar-refractivity contribution in [3.8, 4) is 0 Å². The van der Waals surface area contributed by atoms with Crippen molar-refractivity contribution in [1.29, 1.82) is 0 Å². The lowest BCUT2D eigenvalue weighted by molar-refractivity contribution is 0.437. The number of hydrogen-bond acceptors (Lipinski definition) is 5. The van der Waals surface area contributed by atoms with Crippen LogP contribution in [0.4, 0.5) is 0 Å². The summed E-state index contributed by atoms with van der Waals surface area (Å²) in [6.45, 7) is 0. The molecular weight excluding hydrogens is 306 g/mol. The fraction of sp³-hybridized carbons (Fsp3) is 0.571. The Morgan fingerprint density at radius 2 is 2.10 bits per heavy atom. The molecule has 1 fully saturated rings. The van der Waals surface area contributed by atoms with E-state index in [0.29, 0.717) is 10.9 Å². The average Bonchev–Trinajstić information content (AvgIpc) is 3.09. The second-order valence-corrected chi connectivity index (χ2v) is 8.54. The molecule has 114 valence electrons. The van der Waals surface area contributed by atoms with E-state index < -0.39 is 9.84 Å². The number of nitrogens with zero attached hydrogens (tertiary/aromatic N) is 3. The molecule has 3 rings (SSSR count).